The van der Waals surface area contributed by atoms with Crippen molar-refractivity contribution in [3.05, 3.63) is 23.8 Å². The molecule has 0 amide bonds. The molecule has 0 aliphatic carbocycles. The summed E-state index contributed by atoms with van der Waals surface area (Å²) in [7, 11) is 0. The van der Waals surface area contributed by atoms with Crippen LogP contribution in [0.25, 0.3) is 0 Å². The highest BCUT2D eigenvalue weighted by Crippen LogP contribution is 2.31. The summed E-state index contributed by atoms with van der Waals surface area (Å²) in [4.78, 5) is 0. The van der Waals surface area contributed by atoms with E-state index in [1.165, 1.54) is 0 Å². The fraction of sp³-hybridized carbons (Fsp3) is 0.538. The summed E-state index contributed by atoms with van der Waals surface area (Å²) in [6.07, 6.45) is 0. The van der Waals surface area contributed by atoms with Crippen LogP contribution in [0.15, 0.2) is 18.2 Å². The Morgan fingerprint density at radius 2 is 2.00 bits per heavy atom. The molecule has 0 aliphatic heterocycles. The lowest BCUT2D eigenvalue weighted by Crippen LogP contribution is -2.13. The van der Waals surface area contributed by atoms with Crippen LogP contribution in [-0.2, 0) is 6.61 Å². The molecule has 2 N–H and O–H groups in total. The molecule has 0 aromatic heterocycles. The molecule has 0 radical (unpaired) electrons. The van der Waals surface area contributed by atoms with E-state index in [0.717, 1.165) is 0 Å². The lowest BCUT2D eigenvalue weighted by Gasteiger charge is -2.16. The minimum Gasteiger partial charge on any atom is -0.490 e. The fourth-order valence-corrected chi connectivity index (χ4v) is 1.40. The molecule has 0 saturated carbocycles. The van der Waals surface area contributed by atoms with Gasteiger partial charge in [-0.2, -0.15) is 0 Å². The molecule has 1 aromatic rings. The van der Waals surface area contributed by atoms with E-state index in [1.807, 2.05) is 26.0 Å². The molecule has 4 heteroatoms. The van der Waals surface area contributed by atoms with E-state index in [4.69, 9.17) is 14.6 Å². The highest BCUT2D eigenvalue weighted by molar-refractivity contribution is 5.46. The van der Waals surface area contributed by atoms with Crippen molar-refractivity contribution in [3.63, 3.8) is 0 Å². The van der Waals surface area contributed by atoms with Gasteiger partial charge < -0.3 is 19.7 Å². The minimum atomic E-state index is -0.0935. The Hall–Kier alpha value is -1.26. The van der Waals surface area contributed by atoms with Crippen molar-refractivity contribution in [2.45, 2.75) is 20.5 Å². The van der Waals surface area contributed by atoms with Gasteiger partial charge in [0, 0.05) is 18.1 Å². The average Bonchev–Trinajstić information content (AvgIpc) is 2.36. The quantitative estimate of drug-likeness (QED) is 0.759. The van der Waals surface area contributed by atoms with Crippen LogP contribution in [0.1, 0.15) is 19.4 Å². The van der Waals surface area contributed by atoms with E-state index in [-0.39, 0.29) is 19.1 Å². The van der Waals surface area contributed by atoms with Crippen molar-refractivity contribution in [2.24, 2.45) is 5.92 Å². The molecular formula is C13H20O4. The molecule has 1 aromatic carbocycles. The molecule has 0 spiro atoms. The Morgan fingerprint density at radius 1 is 1.24 bits per heavy atom. The summed E-state index contributed by atoms with van der Waals surface area (Å²) < 4.78 is 11.1. The van der Waals surface area contributed by atoms with Gasteiger partial charge in [0.2, 0.25) is 0 Å². The number of aliphatic hydroxyl groups excluding tert-OH is 2. The average molecular weight is 240 g/mol. The van der Waals surface area contributed by atoms with Crippen molar-refractivity contribution in [1.29, 1.82) is 0 Å². The summed E-state index contributed by atoms with van der Waals surface area (Å²) in [6.45, 7) is 4.71. The third kappa shape index (κ3) is 3.91. The predicted molar refractivity (Wildman–Crippen MR) is 65.3 cm³/mol. The van der Waals surface area contributed by atoms with Crippen molar-refractivity contribution < 1.29 is 19.7 Å². The lowest BCUT2D eigenvalue weighted by molar-refractivity contribution is 0.166. The smallest absolute Gasteiger partial charge is 0.166 e. The van der Waals surface area contributed by atoms with E-state index in [1.54, 1.807) is 6.07 Å². The molecule has 0 fully saturated rings. The van der Waals surface area contributed by atoms with Crippen LogP contribution in [-0.4, -0.2) is 30.0 Å². The molecule has 0 bridgehead atoms. The van der Waals surface area contributed by atoms with E-state index in [0.29, 0.717) is 30.3 Å². The number of ether oxygens (including phenoxy) is 2. The maximum absolute atomic E-state index is 9.25. The summed E-state index contributed by atoms with van der Waals surface area (Å²) in [5, 5.41) is 18.2. The van der Waals surface area contributed by atoms with Crippen LogP contribution >= 0.6 is 0 Å². The number of para-hydroxylation sites is 1. The number of hydrogen-bond donors (Lipinski definition) is 2. The zero-order valence-electron chi connectivity index (χ0n) is 10.3. The second-order valence-electron chi connectivity index (χ2n) is 3.93. The maximum atomic E-state index is 9.25. The third-order valence-electron chi connectivity index (χ3n) is 2.35. The van der Waals surface area contributed by atoms with Crippen LogP contribution in [0, 0.1) is 5.92 Å². The Labute approximate surface area is 102 Å². The first-order valence-corrected chi connectivity index (χ1v) is 5.82. The van der Waals surface area contributed by atoms with Gasteiger partial charge in [-0.1, -0.05) is 19.1 Å². The van der Waals surface area contributed by atoms with Crippen molar-refractivity contribution in [2.75, 3.05) is 19.8 Å². The molecule has 96 valence electrons. The number of aliphatic hydroxyl groups is 2. The number of rotatable bonds is 7. The zero-order valence-corrected chi connectivity index (χ0v) is 10.3. The predicted octanol–water partition coefficient (Wildman–Crippen LogP) is 1.58. The standard InChI is InChI=1S/C13H20O4/c1-3-16-12-6-4-5-11(8-15)13(12)17-9-10(2)7-14/h4-6,10,14-15H,3,7-9H2,1-2H3. The fourth-order valence-electron chi connectivity index (χ4n) is 1.40. The largest absolute Gasteiger partial charge is 0.490 e. The molecule has 0 aliphatic rings. The van der Waals surface area contributed by atoms with E-state index < -0.39 is 0 Å². The van der Waals surface area contributed by atoms with Gasteiger partial charge in [-0.15, -0.1) is 0 Å². The molecule has 0 saturated heterocycles. The lowest BCUT2D eigenvalue weighted by atomic mass is 10.2. The summed E-state index contributed by atoms with van der Waals surface area (Å²) >= 11 is 0. The van der Waals surface area contributed by atoms with E-state index in [9.17, 15) is 5.11 Å². The zero-order chi connectivity index (χ0) is 12.7. The second kappa shape index (κ2) is 7.14. The molecule has 1 atom stereocenters. The summed E-state index contributed by atoms with van der Waals surface area (Å²) in [5.41, 5.74) is 0.695. The maximum Gasteiger partial charge on any atom is 0.166 e. The Morgan fingerprint density at radius 3 is 2.59 bits per heavy atom. The van der Waals surface area contributed by atoms with Crippen LogP contribution in [0.3, 0.4) is 0 Å². The van der Waals surface area contributed by atoms with Crippen LogP contribution in [0.2, 0.25) is 0 Å². The topological polar surface area (TPSA) is 58.9 Å². The monoisotopic (exact) mass is 240 g/mol. The van der Waals surface area contributed by atoms with Gasteiger partial charge in [-0.05, 0) is 13.0 Å². The molecule has 0 heterocycles. The SMILES string of the molecule is CCOc1cccc(CO)c1OCC(C)CO. The minimum absolute atomic E-state index is 0.0521. The highest BCUT2D eigenvalue weighted by atomic mass is 16.5. The van der Waals surface area contributed by atoms with Gasteiger partial charge in [-0.25, -0.2) is 0 Å². The van der Waals surface area contributed by atoms with E-state index >= 15 is 0 Å². The summed E-state index contributed by atoms with van der Waals surface area (Å²) in [6, 6.07) is 5.42. The molecule has 4 nitrogen and oxygen atoms in total. The van der Waals surface area contributed by atoms with Crippen LogP contribution < -0.4 is 9.47 Å². The Bertz CT molecular complexity index is 338. The van der Waals surface area contributed by atoms with Gasteiger partial charge in [0.25, 0.3) is 0 Å². The molecule has 17 heavy (non-hydrogen) atoms. The normalized spacial score (nSPS) is 12.2. The second-order valence-corrected chi connectivity index (χ2v) is 3.93. The van der Waals surface area contributed by atoms with Gasteiger partial charge in [0.1, 0.15) is 0 Å². The highest BCUT2D eigenvalue weighted by Gasteiger charge is 2.11. The Kier molecular flexibility index (Phi) is 5.80. The van der Waals surface area contributed by atoms with Gasteiger partial charge >= 0.3 is 0 Å². The first-order chi connectivity index (χ1) is 8.22. The van der Waals surface area contributed by atoms with Crippen LogP contribution in [0.5, 0.6) is 11.5 Å². The first kappa shape index (κ1) is 13.8. The van der Waals surface area contributed by atoms with Crippen molar-refractivity contribution >= 4 is 0 Å². The van der Waals surface area contributed by atoms with Crippen LogP contribution in [0.4, 0.5) is 0 Å². The Balaban J connectivity index is 2.84. The van der Waals surface area contributed by atoms with Gasteiger partial charge in [0.05, 0.1) is 19.8 Å². The molecular weight excluding hydrogens is 220 g/mol. The molecule has 1 unspecified atom stereocenters. The summed E-state index contributed by atoms with van der Waals surface area (Å²) in [5.74, 6) is 1.25. The van der Waals surface area contributed by atoms with Crippen molar-refractivity contribution in [1.82, 2.24) is 0 Å². The third-order valence-corrected chi connectivity index (χ3v) is 2.35. The van der Waals surface area contributed by atoms with E-state index in [2.05, 4.69) is 0 Å². The van der Waals surface area contributed by atoms with Gasteiger partial charge in [0.15, 0.2) is 11.5 Å². The van der Waals surface area contributed by atoms with Crippen molar-refractivity contribution in [3.8, 4) is 11.5 Å². The first-order valence-electron chi connectivity index (χ1n) is 5.82. The van der Waals surface area contributed by atoms with Gasteiger partial charge in [-0.3, -0.25) is 0 Å². The number of benzene rings is 1. The number of hydrogen-bond acceptors (Lipinski definition) is 4. The molecule has 1 rings (SSSR count).